The predicted molar refractivity (Wildman–Crippen MR) is 89.1 cm³/mol. The van der Waals surface area contributed by atoms with Crippen molar-refractivity contribution in [1.82, 2.24) is 10.6 Å². The van der Waals surface area contributed by atoms with Crippen molar-refractivity contribution in [2.45, 2.75) is 57.7 Å². The summed E-state index contributed by atoms with van der Waals surface area (Å²) in [5.41, 5.74) is 1.37. The number of aliphatic imine (C=N–C) groups is 1. The van der Waals surface area contributed by atoms with Crippen LogP contribution in [0.25, 0.3) is 0 Å². The summed E-state index contributed by atoms with van der Waals surface area (Å²) in [4.78, 5) is 4.56. The molecule has 0 aromatic rings. The van der Waals surface area contributed by atoms with Gasteiger partial charge in [-0.2, -0.15) is 13.2 Å². The van der Waals surface area contributed by atoms with Gasteiger partial charge in [0.1, 0.15) is 0 Å². The quantitative estimate of drug-likeness (QED) is 0.455. The average molecular weight is 347 g/mol. The number of ether oxygens (including phenoxy) is 1. The normalized spacial score (nSPS) is 26.0. The second kappa shape index (κ2) is 9.30. The molecule has 0 radical (unpaired) electrons. The molecule has 0 atom stereocenters. The Morgan fingerprint density at radius 3 is 2.62 bits per heavy atom. The smallest absolute Gasteiger partial charge is 0.377 e. The van der Waals surface area contributed by atoms with Gasteiger partial charge >= 0.3 is 6.18 Å². The van der Waals surface area contributed by atoms with Crippen molar-refractivity contribution in [3.63, 3.8) is 0 Å². The van der Waals surface area contributed by atoms with E-state index in [4.69, 9.17) is 4.74 Å². The lowest BCUT2D eigenvalue weighted by Gasteiger charge is -2.31. The van der Waals surface area contributed by atoms with E-state index in [1.54, 1.807) is 0 Å². The van der Waals surface area contributed by atoms with Crippen LogP contribution >= 0.6 is 0 Å². The van der Waals surface area contributed by atoms with Crippen LogP contribution in [0.15, 0.2) is 16.6 Å². The maximum absolute atomic E-state index is 12.7. The largest absolute Gasteiger partial charge is 0.391 e. The fourth-order valence-corrected chi connectivity index (χ4v) is 3.18. The van der Waals surface area contributed by atoms with E-state index in [0.29, 0.717) is 32.0 Å². The minimum Gasteiger partial charge on any atom is -0.377 e. The van der Waals surface area contributed by atoms with Crippen molar-refractivity contribution < 1.29 is 17.9 Å². The molecule has 24 heavy (non-hydrogen) atoms. The second-order valence-corrected chi connectivity index (χ2v) is 6.43. The van der Waals surface area contributed by atoms with Gasteiger partial charge < -0.3 is 15.4 Å². The number of alkyl halides is 3. The Kier molecular flexibility index (Phi) is 7.40. The Labute approximate surface area is 141 Å². The molecule has 1 aliphatic heterocycles. The number of nitrogens with zero attached hydrogens (tertiary/aromatic N) is 1. The highest BCUT2D eigenvalue weighted by atomic mass is 19.4. The van der Waals surface area contributed by atoms with Crippen LogP contribution in [0.2, 0.25) is 0 Å². The molecule has 0 amide bonds. The van der Waals surface area contributed by atoms with Crippen LogP contribution in [0.3, 0.4) is 0 Å². The third-order valence-electron chi connectivity index (χ3n) is 4.64. The van der Waals surface area contributed by atoms with Gasteiger partial charge in [-0.1, -0.05) is 11.6 Å². The van der Waals surface area contributed by atoms with Crippen molar-refractivity contribution in [3.05, 3.63) is 11.6 Å². The molecule has 1 aliphatic carbocycles. The zero-order valence-electron chi connectivity index (χ0n) is 14.3. The summed E-state index contributed by atoms with van der Waals surface area (Å²) in [7, 11) is 0. The molecule has 1 fully saturated rings. The number of hydrogen-bond donors (Lipinski definition) is 2. The monoisotopic (exact) mass is 347 g/mol. The summed E-state index contributed by atoms with van der Waals surface area (Å²) in [6.45, 7) is 4.86. The molecule has 2 aliphatic rings. The maximum Gasteiger partial charge on any atom is 0.391 e. The first-order chi connectivity index (χ1) is 11.5. The zero-order valence-corrected chi connectivity index (χ0v) is 14.3. The predicted octanol–water partition coefficient (Wildman–Crippen LogP) is 3.40. The number of halogens is 3. The third kappa shape index (κ3) is 6.34. The van der Waals surface area contributed by atoms with Crippen LogP contribution < -0.4 is 10.6 Å². The van der Waals surface area contributed by atoms with E-state index in [1.807, 2.05) is 6.92 Å². The Morgan fingerprint density at radius 1 is 1.29 bits per heavy atom. The molecular formula is C17H28F3N3O. The lowest BCUT2D eigenvalue weighted by molar-refractivity contribution is -0.182. The van der Waals surface area contributed by atoms with E-state index < -0.39 is 12.1 Å². The minimum atomic E-state index is -4.05. The highest BCUT2D eigenvalue weighted by Crippen LogP contribution is 2.37. The number of rotatable bonds is 5. The van der Waals surface area contributed by atoms with Gasteiger partial charge in [0.25, 0.3) is 0 Å². The van der Waals surface area contributed by atoms with Crippen LogP contribution in [0.4, 0.5) is 13.2 Å². The van der Waals surface area contributed by atoms with Crippen molar-refractivity contribution in [1.29, 1.82) is 0 Å². The van der Waals surface area contributed by atoms with E-state index >= 15 is 0 Å². The minimum absolute atomic E-state index is 0.0729. The second-order valence-electron chi connectivity index (χ2n) is 6.43. The van der Waals surface area contributed by atoms with Crippen LogP contribution in [0.1, 0.15) is 45.4 Å². The number of nitrogens with one attached hydrogen (secondary N) is 2. The molecular weight excluding hydrogens is 319 g/mol. The highest BCUT2D eigenvalue weighted by Gasteiger charge is 2.41. The SMILES string of the molecule is CCNC(=NCCC1=CCOCC1)NC1CCC(C(F)(F)F)CC1. The molecule has 2 N–H and O–H groups in total. The van der Waals surface area contributed by atoms with Gasteiger partial charge in [-0.25, -0.2) is 0 Å². The molecule has 0 bridgehead atoms. The lowest BCUT2D eigenvalue weighted by atomic mass is 9.85. The number of hydrogen-bond acceptors (Lipinski definition) is 2. The van der Waals surface area contributed by atoms with Crippen LogP contribution in [0, 0.1) is 5.92 Å². The topological polar surface area (TPSA) is 45.7 Å². The Morgan fingerprint density at radius 2 is 2.04 bits per heavy atom. The molecule has 1 saturated carbocycles. The van der Waals surface area contributed by atoms with Gasteiger partial charge in [-0.3, -0.25) is 4.99 Å². The zero-order chi connectivity index (χ0) is 17.4. The van der Waals surface area contributed by atoms with Crippen LogP contribution in [-0.4, -0.2) is 44.5 Å². The van der Waals surface area contributed by atoms with Crippen molar-refractivity contribution in [2.75, 3.05) is 26.3 Å². The standard InChI is InChI=1S/C17H28F3N3O/c1-2-21-16(22-10-7-13-8-11-24-12-9-13)23-15-5-3-14(4-6-15)17(18,19)20/h8,14-15H,2-7,9-12H2,1H3,(H2,21,22,23). The van der Waals surface area contributed by atoms with Crippen LogP contribution in [0.5, 0.6) is 0 Å². The lowest BCUT2D eigenvalue weighted by Crippen LogP contribution is -2.45. The van der Waals surface area contributed by atoms with Gasteiger partial charge in [0, 0.05) is 19.1 Å². The highest BCUT2D eigenvalue weighted by molar-refractivity contribution is 5.80. The van der Waals surface area contributed by atoms with E-state index in [1.165, 1.54) is 5.57 Å². The molecule has 7 heteroatoms. The maximum atomic E-state index is 12.7. The van der Waals surface area contributed by atoms with Crippen molar-refractivity contribution >= 4 is 5.96 Å². The summed E-state index contributed by atoms with van der Waals surface area (Å²) in [6, 6.07) is 0.0729. The Balaban J connectivity index is 1.78. The fraction of sp³-hybridized carbons (Fsp3) is 0.824. The number of guanidine groups is 1. The van der Waals surface area contributed by atoms with Gasteiger partial charge in [0.2, 0.25) is 0 Å². The van der Waals surface area contributed by atoms with E-state index in [-0.39, 0.29) is 18.9 Å². The molecule has 4 nitrogen and oxygen atoms in total. The van der Waals surface area contributed by atoms with E-state index in [0.717, 1.165) is 26.0 Å². The summed E-state index contributed by atoms with van der Waals surface area (Å²) in [5, 5.41) is 6.48. The fourth-order valence-electron chi connectivity index (χ4n) is 3.18. The average Bonchev–Trinajstić information content (AvgIpc) is 2.56. The summed E-state index contributed by atoms with van der Waals surface area (Å²) < 4.78 is 43.5. The Bertz CT molecular complexity index is 441. The van der Waals surface area contributed by atoms with E-state index in [2.05, 4.69) is 21.7 Å². The molecule has 0 unspecified atom stereocenters. The van der Waals surface area contributed by atoms with Gasteiger partial charge in [-0.15, -0.1) is 0 Å². The van der Waals surface area contributed by atoms with Crippen LogP contribution in [-0.2, 0) is 4.74 Å². The Hall–Kier alpha value is -1.24. The molecule has 138 valence electrons. The molecule has 0 aromatic heterocycles. The molecule has 0 spiro atoms. The molecule has 1 heterocycles. The molecule has 2 rings (SSSR count). The van der Waals surface area contributed by atoms with Gasteiger partial charge in [-0.05, 0) is 45.4 Å². The molecule has 0 saturated heterocycles. The summed E-state index contributed by atoms with van der Waals surface area (Å²) in [6.07, 6.45) is 1.40. The van der Waals surface area contributed by atoms with Gasteiger partial charge in [0.15, 0.2) is 5.96 Å². The van der Waals surface area contributed by atoms with E-state index in [9.17, 15) is 13.2 Å². The first kappa shape index (κ1) is 19.1. The first-order valence-electron chi connectivity index (χ1n) is 8.86. The summed E-state index contributed by atoms with van der Waals surface area (Å²) in [5.74, 6) is -0.434. The third-order valence-corrected chi connectivity index (χ3v) is 4.64. The first-order valence-corrected chi connectivity index (χ1v) is 8.86. The van der Waals surface area contributed by atoms with Gasteiger partial charge in [0.05, 0.1) is 19.1 Å². The van der Waals surface area contributed by atoms with Crippen molar-refractivity contribution in [2.24, 2.45) is 10.9 Å². The summed E-state index contributed by atoms with van der Waals surface area (Å²) >= 11 is 0. The van der Waals surface area contributed by atoms with Crippen molar-refractivity contribution in [3.8, 4) is 0 Å². The molecule has 0 aromatic carbocycles.